The average Bonchev–Trinajstić information content (AvgIpc) is 3.52. The van der Waals surface area contributed by atoms with Crippen LogP contribution in [0.3, 0.4) is 0 Å². The second kappa shape index (κ2) is 9.87. The Balaban J connectivity index is 1.36. The first-order valence-corrected chi connectivity index (χ1v) is 12.7. The predicted octanol–water partition coefficient (Wildman–Crippen LogP) is 3.17. The van der Waals surface area contributed by atoms with Gasteiger partial charge in [-0.2, -0.15) is 4.31 Å². The van der Waals surface area contributed by atoms with E-state index in [1.165, 1.54) is 22.7 Å². The smallest absolute Gasteiger partial charge is 0.291 e. The van der Waals surface area contributed by atoms with Gasteiger partial charge in [0, 0.05) is 31.9 Å². The van der Waals surface area contributed by atoms with Crippen LogP contribution in [0.1, 0.15) is 27.2 Å². The number of nitrogens with one attached hydrogen (secondary N) is 2. The molecule has 2 N–H and O–H groups in total. The zero-order chi connectivity index (χ0) is 23.4. The minimum atomic E-state index is -3.57. The number of furan rings is 1. The van der Waals surface area contributed by atoms with E-state index in [1.807, 2.05) is 0 Å². The molecule has 1 fully saturated rings. The van der Waals surface area contributed by atoms with Gasteiger partial charge in [-0.25, -0.2) is 8.42 Å². The van der Waals surface area contributed by atoms with Crippen LogP contribution >= 0.6 is 11.3 Å². The van der Waals surface area contributed by atoms with Crippen LogP contribution in [0.15, 0.2) is 64.1 Å². The fraction of sp³-hybridized carbons (Fsp3) is 0.273. The number of piperazine rings is 1. The van der Waals surface area contributed by atoms with Gasteiger partial charge in [-0.05, 0) is 55.1 Å². The Labute approximate surface area is 196 Å². The van der Waals surface area contributed by atoms with Gasteiger partial charge in [0.2, 0.25) is 10.0 Å². The summed E-state index contributed by atoms with van der Waals surface area (Å²) in [6.07, 6.45) is 1.41. The summed E-state index contributed by atoms with van der Waals surface area (Å²) in [5, 5.41) is 5.93. The molecular formula is C22H24N4O5S2. The molecule has 0 radical (unpaired) electrons. The largest absolute Gasteiger partial charge is 0.459 e. The van der Waals surface area contributed by atoms with E-state index in [0.717, 1.165) is 17.9 Å². The van der Waals surface area contributed by atoms with Crippen molar-refractivity contribution in [1.82, 2.24) is 9.21 Å². The second-order valence-corrected chi connectivity index (χ2v) is 10.4. The number of carbonyl (C=O) groups is 2. The minimum Gasteiger partial charge on any atom is -0.459 e. The van der Waals surface area contributed by atoms with E-state index in [2.05, 4.69) is 22.5 Å². The van der Waals surface area contributed by atoms with E-state index in [-0.39, 0.29) is 16.6 Å². The number of anilines is 2. The van der Waals surface area contributed by atoms with Crippen LogP contribution in [-0.4, -0.2) is 62.2 Å². The molecule has 3 aromatic rings. The highest BCUT2D eigenvalue weighted by Gasteiger charge is 2.28. The molecule has 33 heavy (non-hydrogen) atoms. The minimum absolute atomic E-state index is 0.177. The van der Waals surface area contributed by atoms with Crippen LogP contribution in [-0.2, 0) is 10.0 Å². The molecule has 0 aliphatic carbocycles. The molecule has 4 rings (SSSR count). The van der Waals surface area contributed by atoms with Crippen molar-refractivity contribution in [1.29, 1.82) is 0 Å². The Hall–Kier alpha value is -2.99. The van der Waals surface area contributed by atoms with Crippen molar-refractivity contribution in [2.45, 2.75) is 11.8 Å². The zero-order valence-corrected chi connectivity index (χ0v) is 19.6. The fourth-order valence-corrected chi connectivity index (χ4v) is 5.67. The number of nitrogens with zero attached hydrogens (tertiary/aromatic N) is 2. The number of rotatable bonds is 7. The molecule has 9 nitrogen and oxygen atoms in total. The van der Waals surface area contributed by atoms with E-state index in [9.17, 15) is 18.0 Å². The topological polar surface area (TPSA) is 112 Å². The van der Waals surface area contributed by atoms with Gasteiger partial charge in [0.1, 0.15) is 0 Å². The summed E-state index contributed by atoms with van der Waals surface area (Å²) < 4.78 is 32.3. The summed E-state index contributed by atoms with van der Waals surface area (Å²) in [6.45, 7) is 5.33. The Bertz CT molecular complexity index is 1210. The van der Waals surface area contributed by atoms with Crippen LogP contribution in [0.5, 0.6) is 0 Å². The number of hydrogen-bond acceptors (Lipinski definition) is 7. The number of hydrogen-bond donors (Lipinski definition) is 2. The molecule has 0 saturated carbocycles. The summed E-state index contributed by atoms with van der Waals surface area (Å²) in [5.74, 6) is -0.580. The van der Waals surface area contributed by atoms with Crippen LogP contribution in [0, 0.1) is 0 Å². The summed E-state index contributed by atoms with van der Waals surface area (Å²) in [7, 11) is -3.57. The van der Waals surface area contributed by atoms with E-state index in [4.69, 9.17) is 4.42 Å². The van der Waals surface area contributed by atoms with E-state index in [0.29, 0.717) is 41.7 Å². The zero-order valence-electron chi connectivity index (χ0n) is 18.0. The molecule has 0 unspecified atom stereocenters. The van der Waals surface area contributed by atoms with Gasteiger partial charge in [-0.1, -0.05) is 6.92 Å². The Morgan fingerprint density at radius 1 is 0.970 bits per heavy atom. The monoisotopic (exact) mass is 488 g/mol. The van der Waals surface area contributed by atoms with Gasteiger partial charge < -0.3 is 20.0 Å². The Kier molecular flexibility index (Phi) is 6.94. The molecule has 2 aromatic heterocycles. The standard InChI is InChI=1S/C22H24N4O5S2/c1-2-25-11-13-26(14-12-25)33(29,30)17-7-5-16(6-8-17)23-22(28)19-9-10-20(32-19)24-21(27)18-4-3-15-31-18/h3-10,15H,2,11-14H2,1H3,(H,23,28)(H,24,27). The first kappa shape index (κ1) is 23.2. The van der Waals surface area contributed by atoms with E-state index >= 15 is 0 Å². The fourth-order valence-electron chi connectivity index (χ4n) is 3.45. The molecule has 3 heterocycles. The maximum absolute atomic E-state index is 12.9. The predicted molar refractivity (Wildman–Crippen MR) is 126 cm³/mol. The van der Waals surface area contributed by atoms with E-state index in [1.54, 1.807) is 36.4 Å². The van der Waals surface area contributed by atoms with Gasteiger partial charge in [0.15, 0.2) is 5.76 Å². The molecule has 1 aromatic carbocycles. The van der Waals surface area contributed by atoms with Crippen molar-refractivity contribution in [3.63, 3.8) is 0 Å². The van der Waals surface area contributed by atoms with Crippen molar-refractivity contribution in [3.8, 4) is 0 Å². The highest BCUT2D eigenvalue weighted by molar-refractivity contribution is 7.89. The number of benzene rings is 1. The summed E-state index contributed by atoms with van der Waals surface area (Å²) in [6, 6.07) is 12.5. The third-order valence-electron chi connectivity index (χ3n) is 5.34. The van der Waals surface area contributed by atoms with Gasteiger partial charge in [0.05, 0.1) is 21.0 Å². The molecule has 1 aliphatic heterocycles. The van der Waals surface area contributed by atoms with Crippen LogP contribution < -0.4 is 10.6 Å². The molecule has 2 amide bonds. The lowest BCUT2D eigenvalue weighted by Crippen LogP contribution is -2.48. The summed E-state index contributed by atoms with van der Waals surface area (Å²) >= 11 is 1.12. The van der Waals surface area contributed by atoms with Crippen molar-refractivity contribution in [2.24, 2.45) is 0 Å². The van der Waals surface area contributed by atoms with Crippen molar-refractivity contribution in [2.75, 3.05) is 43.4 Å². The number of likely N-dealkylation sites (N-methyl/N-ethyl adjacent to an activating group) is 1. The molecule has 1 saturated heterocycles. The SMILES string of the molecule is CCN1CCN(S(=O)(=O)c2ccc(NC(=O)c3ccc(NC(=O)c4ccco4)s3)cc2)CC1. The number of amides is 2. The molecule has 0 spiro atoms. The second-order valence-electron chi connectivity index (χ2n) is 7.41. The number of carbonyl (C=O) groups excluding carboxylic acids is 2. The lowest BCUT2D eigenvalue weighted by atomic mass is 10.3. The Morgan fingerprint density at radius 3 is 2.33 bits per heavy atom. The van der Waals surface area contributed by atoms with Crippen molar-refractivity contribution < 1.29 is 22.4 Å². The third-order valence-corrected chi connectivity index (χ3v) is 8.25. The lowest BCUT2D eigenvalue weighted by Gasteiger charge is -2.33. The Morgan fingerprint density at radius 2 is 1.70 bits per heavy atom. The summed E-state index contributed by atoms with van der Waals surface area (Å²) in [4.78, 5) is 27.4. The molecule has 0 atom stereocenters. The highest BCUT2D eigenvalue weighted by atomic mass is 32.2. The molecule has 11 heteroatoms. The molecule has 1 aliphatic rings. The van der Waals surface area contributed by atoms with Gasteiger partial charge in [-0.15, -0.1) is 11.3 Å². The highest BCUT2D eigenvalue weighted by Crippen LogP contribution is 2.25. The van der Waals surface area contributed by atoms with Crippen molar-refractivity contribution in [3.05, 3.63) is 65.4 Å². The maximum atomic E-state index is 12.9. The molecule has 0 bridgehead atoms. The summed E-state index contributed by atoms with van der Waals surface area (Å²) in [5.41, 5.74) is 0.476. The first-order valence-electron chi connectivity index (χ1n) is 10.5. The molecule has 174 valence electrons. The molecular weight excluding hydrogens is 464 g/mol. The van der Waals surface area contributed by atoms with Gasteiger partial charge in [0.25, 0.3) is 11.8 Å². The lowest BCUT2D eigenvalue weighted by molar-refractivity contribution is 0.0995. The van der Waals surface area contributed by atoms with E-state index < -0.39 is 15.9 Å². The quantitative estimate of drug-likeness (QED) is 0.528. The van der Waals surface area contributed by atoms with Crippen LogP contribution in [0.4, 0.5) is 10.7 Å². The van der Waals surface area contributed by atoms with Crippen molar-refractivity contribution >= 4 is 43.9 Å². The normalized spacial score (nSPS) is 15.3. The third kappa shape index (κ3) is 5.33. The van der Waals surface area contributed by atoms with Crippen LogP contribution in [0.25, 0.3) is 0 Å². The van der Waals surface area contributed by atoms with Gasteiger partial charge in [-0.3, -0.25) is 9.59 Å². The first-order chi connectivity index (χ1) is 15.9. The number of sulfonamides is 1. The van der Waals surface area contributed by atoms with Crippen LogP contribution in [0.2, 0.25) is 0 Å². The average molecular weight is 489 g/mol. The number of thiophene rings is 1. The van der Waals surface area contributed by atoms with Gasteiger partial charge >= 0.3 is 0 Å². The maximum Gasteiger partial charge on any atom is 0.291 e.